The van der Waals surface area contributed by atoms with E-state index in [1.165, 1.54) is 25.7 Å². The minimum absolute atomic E-state index is 0.245. The predicted molar refractivity (Wildman–Crippen MR) is 54.1 cm³/mol. The van der Waals surface area contributed by atoms with Gasteiger partial charge in [-0.25, -0.2) is 0 Å². The highest BCUT2D eigenvalue weighted by atomic mass is 16.1. The fraction of sp³-hybridized carbons (Fsp3) is 0.636. The lowest BCUT2D eigenvalue weighted by Gasteiger charge is -2.10. The van der Waals surface area contributed by atoms with E-state index in [9.17, 15) is 4.79 Å². The van der Waals surface area contributed by atoms with Gasteiger partial charge in [0.05, 0.1) is 11.8 Å². The molecule has 1 aliphatic carbocycles. The average molecular weight is 192 g/mol. The Kier molecular flexibility index (Phi) is 2.96. The van der Waals surface area contributed by atoms with E-state index in [-0.39, 0.29) is 11.7 Å². The van der Waals surface area contributed by atoms with Gasteiger partial charge < -0.3 is 0 Å². The van der Waals surface area contributed by atoms with E-state index in [0.717, 1.165) is 18.4 Å². The lowest BCUT2D eigenvalue weighted by Crippen LogP contribution is -2.13. The Morgan fingerprint density at radius 3 is 2.57 bits per heavy atom. The van der Waals surface area contributed by atoms with Gasteiger partial charge in [0.1, 0.15) is 0 Å². The van der Waals surface area contributed by atoms with Gasteiger partial charge in [0.25, 0.3) is 0 Å². The van der Waals surface area contributed by atoms with Crippen LogP contribution in [0.25, 0.3) is 0 Å². The van der Waals surface area contributed by atoms with Crippen LogP contribution < -0.4 is 0 Å². The van der Waals surface area contributed by atoms with E-state index < -0.39 is 0 Å². The van der Waals surface area contributed by atoms with Crippen molar-refractivity contribution in [2.75, 3.05) is 0 Å². The third-order valence-electron chi connectivity index (χ3n) is 3.01. The first-order valence-corrected chi connectivity index (χ1v) is 5.41. The molecule has 2 rings (SSSR count). The molecule has 3 nitrogen and oxygen atoms in total. The molecule has 1 saturated carbocycles. The van der Waals surface area contributed by atoms with Gasteiger partial charge in [-0.2, -0.15) is 5.10 Å². The first kappa shape index (κ1) is 9.44. The van der Waals surface area contributed by atoms with Crippen LogP contribution in [0.15, 0.2) is 12.4 Å². The number of carbonyl (C=O) groups excluding carboxylic acids is 1. The summed E-state index contributed by atoms with van der Waals surface area (Å²) in [7, 11) is 0. The quantitative estimate of drug-likeness (QED) is 0.578. The summed E-state index contributed by atoms with van der Waals surface area (Å²) in [6, 6.07) is 0. The molecular formula is C11H16N2O. The topological polar surface area (TPSA) is 45.8 Å². The lowest BCUT2D eigenvalue weighted by atomic mass is 9.92. The average Bonchev–Trinajstić information content (AvgIpc) is 2.59. The maximum atomic E-state index is 12.0. The number of nitrogens with one attached hydrogen (secondary N) is 1. The first-order chi connectivity index (χ1) is 6.88. The van der Waals surface area contributed by atoms with Crippen LogP contribution in [-0.2, 0) is 0 Å². The van der Waals surface area contributed by atoms with Crippen molar-refractivity contribution in [1.29, 1.82) is 0 Å². The molecule has 0 radical (unpaired) electrons. The number of aromatic nitrogens is 2. The van der Waals surface area contributed by atoms with Crippen LogP contribution in [0.1, 0.15) is 48.9 Å². The normalized spacial score (nSPS) is 19.1. The third-order valence-corrected chi connectivity index (χ3v) is 3.01. The molecule has 14 heavy (non-hydrogen) atoms. The summed E-state index contributed by atoms with van der Waals surface area (Å²) in [5.74, 6) is 0.524. The van der Waals surface area contributed by atoms with Gasteiger partial charge in [-0.15, -0.1) is 0 Å². The van der Waals surface area contributed by atoms with Crippen molar-refractivity contribution in [3.05, 3.63) is 18.0 Å². The van der Waals surface area contributed by atoms with Gasteiger partial charge >= 0.3 is 0 Å². The van der Waals surface area contributed by atoms with Crippen LogP contribution in [0.5, 0.6) is 0 Å². The minimum atomic E-state index is 0.245. The molecule has 1 aliphatic rings. The smallest absolute Gasteiger partial charge is 0.169 e. The fourth-order valence-electron chi connectivity index (χ4n) is 2.16. The van der Waals surface area contributed by atoms with E-state index >= 15 is 0 Å². The second kappa shape index (κ2) is 4.40. The number of H-pyrrole nitrogens is 1. The number of carbonyl (C=O) groups is 1. The van der Waals surface area contributed by atoms with Crippen LogP contribution in [0.4, 0.5) is 0 Å². The summed E-state index contributed by atoms with van der Waals surface area (Å²) in [4.78, 5) is 12.0. The Labute approximate surface area is 83.9 Å². The number of ketones is 1. The van der Waals surface area contributed by atoms with Crippen molar-refractivity contribution < 1.29 is 4.79 Å². The van der Waals surface area contributed by atoms with Crippen molar-refractivity contribution in [3.8, 4) is 0 Å². The van der Waals surface area contributed by atoms with Crippen molar-refractivity contribution in [2.45, 2.75) is 38.5 Å². The Hall–Kier alpha value is -1.12. The number of rotatable bonds is 2. The van der Waals surface area contributed by atoms with Crippen LogP contribution in [-0.4, -0.2) is 16.0 Å². The zero-order valence-corrected chi connectivity index (χ0v) is 8.33. The maximum Gasteiger partial charge on any atom is 0.169 e. The summed E-state index contributed by atoms with van der Waals surface area (Å²) in [6.45, 7) is 0. The number of Topliss-reactive ketones (excluding diaryl/α,β-unsaturated/α-hetero) is 1. The predicted octanol–water partition coefficient (Wildman–Crippen LogP) is 2.56. The minimum Gasteiger partial charge on any atom is -0.294 e. The first-order valence-electron chi connectivity index (χ1n) is 5.41. The summed E-state index contributed by atoms with van der Waals surface area (Å²) in [5.41, 5.74) is 0.747. The van der Waals surface area contributed by atoms with Gasteiger partial charge in [0, 0.05) is 12.1 Å². The molecule has 0 aliphatic heterocycles. The molecule has 76 valence electrons. The van der Waals surface area contributed by atoms with E-state index in [2.05, 4.69) is 10.2 Å². The van der Waals surface area contributed by atoms with Gasteiger partial charge in [0.2, 0.25) is 0 Å². The second-order valence-electron chi connectivity index (χ2n) is 4.04. The van der Waals surface area contributed by atoms with Crippen molar-refractivity contribution in [2.24, 2.45) is 5.92 Å². The molecule has 1 fully saturated rings. The molecule has 1 aromatic rings. The van der Waals surface area contributed by atoms with Crippen molar-refractivity contribution in [1.82, 2.24) is 10.2 Å². The summed E-state index contributed by atoms with van der Waals surface area (Å²) >= 11 is 0. The zero-order valence-electron chi connectivity index (χ0n) is 8.33. The van der Waals surface area contributed by atoms with E-state index in [4.69, 9.17) is 0 Å². The second-order valence-corrected chi connectivity index (χ2v) is 4.04. The molecule has 1 aromatic heterocycles. The Bertz CT molecular complexity index is 284. The van der Waals surface area contributed by atoms with E-state index in [1.807, 2.05) is 0 Å². The fourth-order valence-corrected chi connectivity index (χ4v) is 2.16. The Morgan fingerprint density at radius 2 is 2.00 bits per heavy atom. The number of hydrogen-bond donors (Lipinski definition) is 1. The zero-order chi connectivity index (χ0) is 9.80. The SMILES string of the molecule is O=C(c1cn[nH]c1)C1CCCCCC1. The van der Waals surface area contributed by atoms with Gasteiger partial charge in [-0.3, -0.25) is 9.89 Å². The molecule has 0 unspecified atom stereocenters. The van der Waals surface area contributed by atoms with E-state index in [0.29, 0.717) is 0 Å². The van der Waals surface area contributed by atoms with Crippen molar-refractivity contribution in [3.63, 3.8) is 0 Å². The highest BCUT2D eigenvalue weighted by Gasteiger charge is 2.21. The highest BCUT2D eigenvalue weighted by Crippen LogP contribution is 2.25. The number of hydrogen-bond acceptors (Lipinski definition) is 2. The standard InChI is InChI=1S/C11H16N2O/c14-11(10-7-12-13-8-10)9-5-3-1-2-4-6-9/h7-9H,1-6H2,(H,12,13). The molecule has 0 spiro atoms. The highest BCUT2D eigenvalue weighted by molar-refractivity contribution is 5.97. The summed E-state index contributed by atoms with van der Waals surface area (Å²) < 4.78 is 0. The van der Waals surface area contributed by atoms with Crippen LogP contribution in [0, 0.1) is 5.92 Å². The molecule has 0 amide bonds. The van der Waals surface area contributed by atoms with Gasteiger partial charge in [0.15, 0.2) is 5.78 Å². The summed E-state index contributed by atoms with van der Waals surface area (Å²) in [5, 5.41) is 6.51. The molecule has 0 aromatic carbocycles. The van der Waals surface area contributed by atoms with Crippen LogP contribution in [0.2, 0.25) is 0 Å². The van der Waals surface area contributed by atoms with Crippen LogP contribution in [0.3, 0.4) is 0 Å². The molecule has 0 bridgehead atoms. The van der Waals surface area contributed by atoms with Gasteiger partial charge in [-0.1, -0.05) is 25.7 Å². The number of aromatic amines is 1. The van der Waals surface area contributed by atoms with Gasteiger partial charge in [-0.05, 0) is 12.8 Å². The molecule has 1 heterocycles. The number of nitrogens with zero attached hydrogens (tertiary/aromatic N) is 1. The molecule has 3 heteroatoms. The Balaban J connectivity index is 2.03. The Morgan fingerprint density at radius 1 is 1.29 bits per heavy atom. The molecule has 0 saturated heterocycles. The third kappa shape index (κ3) is 2.03. The molecular weight excluding hydrogens is 176 g/mol. The van der Waals surface area contributed by atoms with Crippen LogP contribution >= 0.6 is 0 Å². The van der Waals surface area contributed by atoms with E-state index in [1.54, 1.807) is 12.4 Å². The lowest BCUT2D eigenvalue weighted by molar-refractivity contribution is 0.0908. The summed E-state index contributed by atoms with van der Waals surface area (Å²) in [6.07, 6.45) is 10.4. The monoisotopic (exact) mass is 192 g/mol. The molecule has 1 N–H and O–H groups in total. The largest absolute Gasteiger partial charge is 0.294 e. The van der Waals surface area contributed by atoms with Crippen molar-refractivity contribution >= 4 is 5.78 Å². The molecule has 0 atom stereocenters. The maximum absolute atomic E-state index is 12.0.